The van der Waals surface area contributed by atoms with Crippen molar-refractivity contribution >= 4 is 17.3 Å². The highest BCUT2D eigenvalue weighted by atomic mass is 16.4. The SMILES string of the molecule is O=C(O)NCCCCn1cnc2cccnc21. The number of hydrogen-bond acceptors (Lipinski definition) is 3. The Balaban J connectivity index is 1.85. The van der Waals surface area contributed by atoms with Crippen LogP contribution in [0, 0.1) is 0 Å². The molecule has 0 aliphatic rings. The zero-order chi connectivity index (χ0) is 12.1. The molecule has 2 rings (SSSR count). The van der Waals surface area contributed by atoms with E-state index in [-0.39, 0.29) is 0 Å². The topological polar surface area (TPSA) is 80.0 Å². The van der Waals surface area contributed by atoms with Crippen molar-refractivity contribution < 1.29 is 9.90 Å². The van der Waals surface area contributed by atoms with Gasteiger partial charge < -0.3 is 15.0 Å². The lowest BCUT2D eigenvalue weighted by Gasteiger charge is -2.03. The quantitative estimate of drug-likeness (QED) is 0.768. The van der Waals surface area contributed by atoms with Crippen molar-refractivity contribution in [1.82, 2.24) is 19.9 Å². The van der Waals surface area contributed by atoms with Gasteiger partial charge in [0.25, 0.3) is 0 Å². The van der Waals surface area contributed by atoms with Crippen molar-refractivity contribution in [3.63, 3.8) is 0 Å². The number of nitrogens with one attached hydrogen (secondary N) is 1. The lowest BCUT2D eigenvalue weighted by molar-refractivity contribution is 0.194. The first-order valence-electron chi connectivity index (χ1n) is 5.50. The Hall–Kier alpha value is -2.11. The van der Waals surface area contributed by atoms with Crippen LogP contribution in [-0.4, -0.2) is 32.3 Å². The maximum absolute atomic E-state index is 10.2. The molecule has 0 radical (unpaired) electrons. The number of carbonyl (C=O) groups is 1. The molecule has 0 saturated carbocycles. The van der Waals surface area contributed by atoms with Gasteiger partial charge in [0, 0.05) is 19.3 Å². The second-order valence-electron chi connectivity index (χ2n) is 3.72. The molecule has 0 aliphatic heterocycles. The van der Waals surface area contributed by atoms with Crippen molar-refractivity contribution in [1.29, 1.82) is 0 Å². The van der Waals surface area contributed by atoms with E-state index in [0.29, 0.717) is 6.54 Å². The van der Waals surface area contributed by atoms with Gasteiger partial charge in [0.15, 0.2) is 5.65 Å². The predicted molar refractivity (Wildman–Crippen MR) is 62.8 cm³/mol. The molecule has 2 heterocycles. The zero-order valence-electron chi connectivity index (χ0n) is 9.33. The van der Waals surface area contributed by atoms with Gasteiger partial charge in [-0.15, -0.1) is 0 Å². The predicted octanol–water partition coefficient (Wildman–Crippen LogP) is 1.48. The second-order valence-corrected chi connectivity index (χ2v) is 3.72. The van der Waals surface area contributed by atoms with Crippen LogP contribution >= 0.6 is 0 Å². The first kappa shape index (κ1) is 11.4. The molecule has 0 bridgehead atoms. The van der Waals surface area contributed by atoms with Gasteiger partial charge in [-0.1, -0.05) is 0 Å². The molecule has 6 nitrogen and oxygen atoms in total. The first-order valence-corrected chi connectivity index (χ1v) is 5.50. The molecule has 6 heteroatoms. The van der Waals surface area contributed by atoms with E-state index < -0.39 is 6.09 Å². The van der Waals surface area contributed by atoms with Crippen LogP contribution in [-0.2, 0) is 6.54 Å². The molecule has 17 heavy (non-hydrogen) atoms. The molecular formula is C11H14N4O2. The van der Waals surface area contributed by atoms with Gasteiger partial charge in [-0.2, -0.15) is 0 Å². The Morgan fingerprint density at radius 2 is 2.29 bits per heavy atom. The number of amides is 1. The Morgan fingerprint density at radius 1 is 1.41 bits per heavy atom. The number of aryl methyl sites for hydroxylation is 1. The number of unbranched alkanes of at least 4 members (excludes halogenated alkanes) is 1. The smallest absolute Gasteiger partial charge is 0.404 e. The Bertz CT molecular complexity index is 509. The zero-order valence-corrected chi connectivity index (χ0v) is 9.33. The third-order valence-electron chi connectivity index (χ3n) is 2.48. The molecule has 0 fully saturated rings. The van der Waals surface area contributed by atoms with Gasteiger partial charge >= 0.3 is 6.09 Å². The molecule has 1 amide bonds. The number of rotatable bonds is 5. The molecule has 90 valence electrons. The van der Waals surface area contributed by atoms with E-state index in [1.54, 1.807) is 12.5 Å². The summed E-state index contributed by atoms with van der Waals surface area (Å²) in [5.74, 6) is 0. The van der Waals surface area contributed by atoms with E-state index in [0.717, 1.165) is 30.6 Å². The molecule has 0 saturated heterocycles. The first-order chi connectivity index (χ1) is 8.27. The molecule has 2 aromatic rings. The minimum atomic E-state index is -0.972. The molecule has 0 unspecified atom stereocenters. The minimum Gasteiger partial charge on any atom is -0.465 e. The molecule has 2 aromatic heterocycles. The summed E-state index contributed by atoms with van der Waals surface area (Å²) in [5.41, 5.74) is 1.76. The van der Waals surface area contributed by atoms with E-state index in [9.17, 15) is 4.79 Å². The van der Waals surface area contributed by atoms with Crippen LogP contribution in [0.2, 0.25) is 0 Å². The number of hydrogen-bond donors (Lipinski definition) is 2. The fourth-order valence-electron chi connectivity index (χ4n) is 1.66. The third-order valence-corrected chi connectivity index (χ3v) is 2.48. The molecule has 0 aromatic carbocycles. The number of fused-ring (bicyclic) bond motifs is 1. The standard InChI is InChI=1S/C11H14N4O2/c16-11(17)13-5-1-2-7-15-8-14-9-4-3-6-12-10(9)15/h3-4,6,8,13H,1-2,5,7H2,(H,16,17). The fraction of sp³-hybridized carbons (Fsp3) is 0.364. The van der Waals surface area contributed by atoms with Gasteiger partial charge in [-0.05, 0) is 25.0 Å². The highest BCUT2D eigenvalue weighted by Gasteiger charge is 2.02. The Kier molecular flexibility index (Phi) is 3.54. The van der Waals surface area contributed by atoms with Gasteiger partial charge in [-0.3, -0.25) is 0 Å². The summed E-state index contributed by atoms with van der Waals surface area (Å²) in [5, 5.41) is 10.7. The highest BCUT2D eigenvalue weighted by Crippen LogP contribution is 2.09. The fourth-order valence-corrected chi connectivity index (χ4v) is 1.66. The lowest BCUT2D eigenvalue weighted by Crippen LogP contribution is -2.21. The largest absolute Gasteiger partial charge is 0.465 e. The monoisotopic (exact) mass is 234 g/mol. The van der Waals surface area contributed by atoms with E-state index in [4.69, 9.17) is 5.11 Å². The van der Waals surface area contributed by atoms with Gasteiger partial charge in [0.1, 0.15) is 5.52 Å². The number of carboxylic acid groups (broad SMARTS) is 1. The van der Waals surface area contributed by atoms with Crippen molar-refractivity contribution in [2.75, 3.05) is 6.54 Å². The third kappa shape index (κ3) is 2.93. The van der Waals surface area contributed by atoms with E-state index >= 15 is 0 Å². The van der Waals surface area contributed by atoms with Crippen LogP contribution in [0.4, 0.5) is 4.79 Å². The maximum Gasteiger partial charge on any atom is 0.404 e. The Labute approximate surface area is 98.3 Å². The average Bonchev–Trinajstić information content (AvgIpc) is 2.72. The lowest BCUT2D eigenvalue weighted by atomic mass is 10.3. The van der Waals surface area contributed by atoms with Crippen molar-refractivity contribution in [3.8, 4) is 0 Å². The summed E-state index contributed by atoms with van der Waals surface area (Å²) in [4.78, 5) is 18.7. The van der Waals surface area contributed by atoms with Crippen LogP contribution < -0.4 is 5.32 Å². The molecule has 2 N–H and O–H groups in total. The average molecular weight is 234 g/mol. The summed E-state index contributed by atoms with van der Waals surface area (Å²) >= 11 is 0. The van der Waals surface area contributed by atoms with Crippen molar-refractivity contribution in [2.24, 2.45) is 0 Å². The van der Waals surface area contributed by atoms with Gasteiger partial charge in [0.2, 0.25) is 0 Å². The summed E-state index contributed by atoms with van der Waals surface area (Å²) in [6, 6.07) is 3.78. The minimum absolute atomic E-state index is 0.482. The maximum atomic E-state index is 10.2. The normalized spacial score (nSPS) is 10.6. The van der Waals surface area contributed by atoms with Crippen LogP contribution in [0.15, 0.2) is 24.7 Å². The summed E-state index contributed by atoms with van der Waals surface area (Å²) in [7, 11) is 0. The van der Waals surface area contributed by atoms with Gasteiger partial charge in [-0.25, -0.2) is 14.8 Å². The van der Waals surface area contributed by atoms with E-state index in [1.165, 1.54) is 0 Å². The number of aromatic nitrogens is 3. The van der Waals surface area contributed by atoms with Crippen molar-refractivity contribution in [2.45, 2.75) is 19.4 Å². The van der Waals surface area contributed by atoms with Crippen molar-refractivity contribution in [3.05, 3.63) is 24.7 Å². The Morgan fingerprint density at radius 3 is 3.12 bits per heavy atom. The highest BCUT2D eigenvalue weighted by molar-refractivity contribution is 5.69. The van der Waals surface area contributed by atoms with E-state index in [2.05, 4.69) is 15.3 Å². The van der Waals surface area contributed by atoms with Gasteiger partial charge in [0.05, 0.1) is 6.33 Å². The number of imidazole rings is 1. The summed E-state index contributed by atoms with van der Waals surface area (Å²) in [6.07, 6.45) is 4.23. The number of pyridine rings is 1. The molecule has 0 atom stereocenters. The van der Waals surface area contributed by atoms with Crippen LogP contribution in [0.3, 0.4) is 0 Å². The molecule has 0 spiro atoms. The summed E-state index contributed by atoms with van der Waals surface area (Å²) in [6.45, 7) is 1.28. The van der Waals surface area contributed by atoms with E-state index in [1.807, 2.05) is 16.7 Å². The van der Waals surface area contributed by atoms with Crippen LogP contribution in [0.25, 0.3) is 11.2 Å². The molecular weight excluding hydrogens is 220 g/mol. The molecule has 0 aliphatic carbocycles. The van der Waals surface area contributed by atoms with Crippen LogP contribution in [0.1, 0.15) is 12.8 Å². The number of nitrogens with zero attached hydrogens (tertiary/aromatic N) is 3. The summed E-state index contributed by atoms with van der Waals surface area (Å²) < 4.78 is 1.98. The second kappa shape index (κ2) is 5.29. The van der Waals surface area contributed by atoms with Crippen LogP contribution in [0.5, 0.6) is 0 Å².